The summed E-state index contributed by atoms with van der Waals surface area (Å²) < 4.78 is 27.8. The van der Waals surface area contributed by atoms with E-state index in [-0.39, 0.29) is 11.4 Å². The molecule has 1 aliphatic heterocycles. The number of piperidine rings is 1. The second kappa shape index (κ2) is 12.3. The van der Waals surface area contributed by atoms with Gasteiger partial charge in [-0.05, 0) is 63.3 Å². The lowest BCUT2D eigenvalue weighted by molar-refractivity contribution is 0.101. The molecule has 1 aliphatic rings. The zero-order chi connectivity index (χ0) is 26.2. The van der Waals surface area contributed by atoms with Gasteiger partial charge in [-0.2, -0.15) is 5.10 Å². The maximum atomic E-state index is 13.9. The fourth-order valence-electron chi connectivity index (χ4n) is 4.04. The maximum absolute atomic E-state index is 13.9. The third-order valence-corrected chi connectivity index (χ3v) is 5.99. The zero-order valence-corrected chi connectivity index (χ0v) is 20.9. The quantitative estimate of drug-likeness (QED) is 0.456. The van der Waals surface area contributed by atoms with Crippen LogP contribution in [-0.4, -0.2) is 60.1 Å². The number of halogens is 2. The van der Waals surface area contributed by atoms with Crippen molar-refractivity contribution in [1.82, 2.24) is 15.1 Å². The smallest absolute Gasteiger partial charge is 0.275 e. The number of rotatable bonds is 6. The molecule has 0 spiro atoms. The number of amides is 2. The summed E-state index contributed by atoms with van der Waals surface area (Å²) in [5.74, 6) is -3.58. The van der Waals surface area contributed by atoms with E-state index in [4.69, 9.17) is 0 Å². The van der Waals surface area contributed by atoms with Crippen molar-refractivity contribution in [2.75, 3.05) is 42.7 Å². The largest absolute Gasteiger partial charge is 0.371 e. The highest BCUT2D eigenvalue weighted by Crippen LogP contribution is 2.24. The molecule has 3 N–H and O–H groups in total. The van der Waals surface area contributed by atoms with Gasteiger partial charge in [-0.3, -0.25) is 14.7 Å². The molecule has 2 aromatic carbocycles. The number of aromatic amines is 1. The van der Waals surface area contributed by atoms with E-state index in [1.165, 1.54) is 6.20 Å². The summed E-state index contributed by atoms with van der Waals surface area (Å²) in [6.07, 6.45) is 3.39. The molecular formula is C26H32F2N6O2. The van der Waals surface area contributed by atoms with Crippen LogP contribution in [0.3, 0.4) is 0 Å². The highest BCUT2D eigenvalue weighted by molar-refractivity contribution is 6.11. The molecule has 0 bridgehead atoms. The van der Waals surface area contributed by atoms with Gasteiger partial charge < -0.3 is 20.4 Å². The Balaban J connectivity index is 0.00000176. The number of nitrogens with one attached hydrogen (secondary N) is 3. The summed E-state index contributed by atoms with van der Waals surface area (Å²) in [6.45, 7) is 5.93. The second-order valence-corrected chi connectivity index (χ2v) is 8.39. The number of H-pyrrole nitrogens is 1. The van der Waals surface area contributed by atoms with Gasteiger partial charge in [0.05, 0.1) is 11.9 Å². The van der Waals surface area contributed by atoms with E-state index in [9.17, 15) is 18.4 Å². The van der Waals surface area contributed by atoms with Crippen LogP contribution >= 0.6 is 0 Å². The van der Waals surface area contributed by atoms with Gasteiger partial charge in [0.2, 0.25) is 0 Å². The zero-order valence-electron chi connectivity index (χ0n) is 20.9. The first-order valence-corrected chi connectivity index (χ1v) is 11.9. The van der Waals surface area contributed by atoms with Crippen molar-refractivity contribution in [3.05, 3.63) is 71.6 Å². The highest BCUT2D eigenvalue weighted by atomic mass is 19.1. The average molecular weight is 499 g/mol. The molecule has 8 nitrogen and oxygen atoms in total. The number of hydrogen-bond donors (Lipinski definition) is 3. The Morgan fingerprint density at radius 3 is 2.17 bits per heavy atom. The van der Waals surface area contributed by atoms with Gasteiger partial charge in [0.1, 0.15) is 22.9 Å². The molecule has 36 heavy (non-hydrogen) atoms. The first-order valence-electron chi connectivity index (χ1n) is 11.9. The summed E-state index contributed by atoms with van der Waals surface area (Å²) in [5, 5.41) is 11.4. The van der Waals surface area contributed by atoms with Gasteiger partial charge >= 0.3 is 0 Å². The number of benzene rings is 2. The molecule has 1 fully saturated rings. The van der Waals surface area contributed by atoms with Crippen molar-refractivity contribution in [1.29, 1.82) is 0 Å². The lowest BCUT2D eigenvalue weighted by atomic mass is 10.0. The Kier molecular flexibility index (Phi) is 9.13. The normalized spacial score (nSPS) is 13.7. The predicted molar refractivity (Wildman–Crippen MR) is 138 cm³/mol. The van der Waals surface area contributed by atoms with Crippen molar-refractivity contribution >= 4 is 28.9 Å². The van der Waals surface area contributed by atoms with Crippen LogP contribution in [0.5, 0.6) is 0 Å². The van der Waals surface area contributed by atoms with Crippen molar-refractivity contribution in [2.45, 2.75) is 32.7 Å². The minimum atomic E-state index is -1.02. The molecule has 1 aromatic heterocycles. The third kappa shape index (κ3) is 6.25. The molecule has 1 saturated heterocycles. The standard InChI is InChI=1S/C24H26F2N6O2.C2H6/c1-31(2)16-10-12-32(13-11-16)17-8-6-15(7-9-17)28-24(34)22-20(14-27-30-22)29-23(33)21-18(25)4-3-5-19(21)26;1-2/h3-9,14,16H,10-13H2,1-2H3,(H,27,30)(H,28,34)(H,29,33);1-2H3. The van der Waals surface area contributed by atoms with Crippen LogP contribution in [0.2, 0.25) is 0 Å². The number of carbonyl (C=O) groups excluding carboxylic acids is 2. The molecule has 0 radical (unpaired) electrons. The molecule has 4 rings (SSSR count). The minimum Gasteiger partial charge on any atom is -0.371 e. The Morgan fingerprint density at radius 2 is 1.58 bits per heavy atom. The highest BCUT2D eigenvalue weighted by Gasteiger charge is 2.22. The predicted octanol–water partition coefficient (Wildman–Crippen LogP) is 4.75. The van der Waals surface area contributed by atoms with Crippen molar-refractivity contribution in [2.24, 2.45) is 0 Å². The molecule has 2 amide bonds. The third-order valence-electron chi connectivity index (χ3n) is 5.99. The van der Waals surface area contributed by atoms with Crippen LogP contribution in [0.25, 0.3) is 0 Å². The molecule has 10 heteroatoms. The fourth-order valence-corrected chi connectivity index (χ4v) is 4.04. The van der Waals surface area contributed by atoms with E-state index < -0.39 is 29.0 Å². The molecule has 3 aromatic rings. The minimum absolute atomic E-state index is 0.00513. The van der Waals surface area contributed by atoms with E-state index in [0.717, 1.165) is 49.8 Å². The molecule has 2 heterocycles. The monoisotopic (exact) mass is 498 g/mol. The van der Waals surface area contributed by atoms with Gasteiger partial charge in [-0.1, -0.05) is 19.9 Å². The number of anilines is 3. The summed E-state index contributed by atoms with van der Waals surface area (Å²) in [5.41, 5.74) is 0.867. The number of nitrogens with zero attached hydrogens (tertiary/aromatic N) is 3. The van der Waals surface area contributed by atoms with Crippen LogP contribution in [0.4, 0.5) is 25.8 Å². The van der Waals surface area contributed by atoms with Gasteiger partial charge in [-0.15, -0.1) is 0 Å². The number of hydrogen-bond acceptors (Lipinski definition) is 5. The fraction of sp³-hybridized carbons (Fsp3) is 0.346. The summed E-state index contributed by atoms with van der Waals surface area (Å²) in [6, 6.07) is 11.2. The molecule has 0 atom stereocenters. The van der Waals surface area contributed by atoms with Crippen LogP contribution < -0.4 is 15.5 Å². The molecule has 0 saturated carbocycles. The Morgan fingerprint density at radius 1 is 0.972 bits per heavy atom. The summed E-state index contributed by atoms with van der Waals surface area (Å²) >= 11 is 0. The van der Waals surface area contributed by atoms with E-state index in [2.05, 4.69) is 44.7 Å². The van der Waals surface area contributed by atoms with Crippen molar-refractivity contribution in [3.63, 3.8) is 0 Å². The molecular weight excluding hydrogens is 466 g/mol. The number of aromatic nitrogens is 2. The maximum Gasteiger partial charge on any atom is 0.275 e. The van der Waals surface area contributed by atoms with Crippen LogP contribution in [0, 0.1) is 11.6 Å². The molecule has 0 unspecified atom stereocenters. The lowest BCUT2D eigenvalue weighted by Gasteiger charge is -2.36. The van der Waals surface area contributed by atoms with E-state index in [1.807, 2.05) is 26.0 Å². The SMILES string of the molecule is CC.CN(C)C1CCN(c2ccc(NC(=O)c3[nH]ncc3NC(=O)c3c(F)cccc3F)cc2)CC1. The van der Waals surface area contributed by atoms with E-state index >= 15 is 0 Å². The Bertz CT molecular complexity index is 1150. The van der Waals surface area contributed by atoms with Gasteiger partial charge in [0.25, 0.3) is 11.8 Å². The number of carbonyl (C=O) groups is 2. The Labute approximate surface area is 209 Å². The second-order valence-electron chi connectivity index (χ2n) is 8.39. The first-order chi connectivity index (χ1) is 17.3. The van der Waals surface area contributed by atoms with Crippen molar-refractivity contribution < 1.29 is 18.4 Å². The summed E-state index contributed by atoms with van der Waals surface area (Å²) in [7, 11) is 4.21. The topological polar surface area (TPSA) is 93.4 Å². The summed E-state index contributed by atoms with van der Waals surface area (Å²) in [4.78, 5) is 29.7. The van der Waals surface area contributed by atoms with E-state index in [1.54, 1.807) is 12.1 Å². The van der Waals surface area contributed by atoms with Crippen LogP contribution in [0.1, 0.15) is 47.5 Å². The molecule has 0 aliphatic carbocycles. The van der Waals surface area contributed by atoms with Gasteiger partial charge in [-0.25, -0.2) is 8.78 Å². The first kappa shape index (κ1) is 26.8. The Hall–Kier alpha value is -3.79. The van der Waals surface area contributed by atoms with Crippen molar-refractivity contribution in [3.8, 4) is 0 Å². The average Bonchev–Trinajstić information content (AvgIpc) is 3.34. The van der Waals surface area contributed by atoms with E-state index in [0.29, 0.717) is 11.7 Å². The lowest BCUT2D eigenvalue weighted by Crippen LogP contribution is -2.41. The van der Waals surface area contributed by atoms with Gasteiger partial charge in [0.15, 0.2) is 0 Å². The molecule has 192 valence electrons. The van der Waals surface area contributed by atoms with Crippen LogP contribution in [0.15, 0.2) is 48.7 Å². The van der Waals surface area contributed by atoms with Crippen LogP contribution in [-0.2, 0) is 0 Å². The van der Waals surface area contributed by atoms with Gasteiger partial charge in [0, 0.05) is 30.5 Å².